The molecule has 1 aromatic carbocycles. The van der Waals surface area contributed by atoms with Crippen molar-refractivity contribution >= 4 is 10.9 Å². The lowest BCUT2D eigenvalue weighted by Crippen LogP contribution is -2.52. The molecule has 0 bridgehead atoms. The van der Waals surface area contributed by atoms with E-state index in [2.05, 4.69) is 24.0 Å². The van der Waals surface area contributed by atoms with E-state index in [4.69, 9.17) is 4.74 Å². The van der Waals surface area contributed by atoms with Crippen molar-refractivity contribution in [3.8, 4) is 0 Å². The van der Waals surface area contributed by atoms with Crippen LogP contribution in [-0.2, 0) is 16.8 Å². The Morgan fingerprint density at radius 3 is 2.61 bits per heavy atom. The second-order valence-electron chi connectivity index (χ2n) is 9.73. The third-order valence-corrected chi connectivity index (χ3v) is 8.13. The zero-order valence-corrected chi connectivity index (χ0v) is 17.3. The first-order valence-electron chi connectivity index (χ1n) is 11.1. The predicted molar refractivity (Wildman–Crippen MR) is 111 cm³/mol. The number of nitrogens with one attached hydrogen (secondary N) is 1. The van der Waals surface area contributed by atoms with Gasteiger partial charge in [0.05, 0.1) is 12.3 Å². The number of aromatic amines is 1. The number of aromatic nitrogens is 1. The van der Waals surface area contributed by atoms with Crippen LogP contribution in [0.5, 0.6) is 0 Å². The largest absolute Gasteiger partial charge is 0.368 e. The molecule has 1 aliphatic heterocycles. The molecular formula is C24H33FN2O. The normalized spacial score (nSPS) is 31.1. The highest BCUT2D eigenvalue weighted by molar-refractivity contribution is 5.85. The Morgan fingerprint density at radius 2 is 1.89 bits per heavy atom. The van der Waals surface area contributed by atoms with Gasteiger partial charge >= 0.3 is 0 Å². The minimum atomic E-state index is -0.210. The number of hydrogen-bond donors (Lipinski definition) is 1. The number of hydrogen-bond acceptors (Lipinski definition) is 2. The first-order chi connectivity index (χ1) is 13.5. The van der Waals surface area contributed by atoms with E-state index in [9.17, 15) is 4.39 Å². The average Bonchev–Trinajstić information content (AvgIpc) is 3.32. The van der Waals surface area contributed by atoms with Crippen molar-refractivity contribution in [2.45, 2.75) is 75.3 Å². The maximum atomic E-state index is 13.9. The van der Waals surface area contributed by atoms with Crippen molar-refractivity contribution in [1.82, 2.24) is 9.88 Å². The Balaban J connectivity index is 1.45. The van der Waals surface area contributed by atoms with E-state index in [1.54, 1.807) is 12.1 Å². The van der Waals surface area contributed by atoms with E-state index in [1.165, 1.54) is 56.2 Å². The third kappa shape index (κ3) is 2.91. The number of H-pyrrole nitrogens is 1. The summed E-state index contributed by atoms with van der Waals surface area (Å²) in [6.45, 7) is 0.744. The fourth-order valence-corrected chi connectivity index (χ4v) is 6.39. The summed E-state index contributed by atoms with van der Waals surface area (Å²) in [7, 11) is 4.54. The molecule has 1 aromatic heterocycles. The predicted octanol–water partition coefficient (Wildman–Crippen LogP) is 5.53. The Bertz CT molecular complexity index is 857. The van der Waals surface area contributed by atoms with Gasteiger partial charge in [0.25, 0.3) is 0 Å². The van der Waals surface area contributed by atoms with E-state index < -0.39 is 0 Å². The van der Waals surface area contributed by atoms with Gasteiger partial charge in [-0.15, -0.1) is 0 Å². The topological polar surface area (TPSA) is 28.3 Å². The molecule has 28 heavy (non-hydrogen) atoms. The van der Waals surface area contributed by atoms with Gasteiger partial charge in [-0.2, -0.15) is 0 Å². The van der Waals surface area contributed by atoms with Crippen LogP contribution in [0.1, 0.15) is 69.0 Å². The number of benzene rings is 1. The fraction of sp³-hybridized carbons (Fsp3) is 0.667. The lowest BCUT2D eigenvalue weighted by Gasteiger charge is -2.51. The van der Waals surface area contributed by atoms with Crippen molar-refractivity contribution in [2.75, 3.05) is 20.7 Å². The van der Waals surface area contributed by atoms with Crippen LogP contribution < -0.4 is 0 Å². The number of halogens is 1. The number of rotatable bonds is 3. The van der Waals surface area contributed by atoms with Crippen LogP contribution in [0.2, 0.25) is 0 Å². The second-order valence-corrected chi connectivity index (χ2v) is 9.73. The molecule has 2 aromatic rings. The number of fused-ring (bicyclic) bond motifs is 4. The van der Waals surface area contributed by atoms with Gasteiger partial charge in [0.15, 0.2) is 0 Å². The minimum Gasteiger partial charge on any atom is -0.368 e. The van der Waals surface area contributed by atoms with E-state index in [1.807, 2.05) is 6.07 Å². The second kappa shape index (κ2) is 6.84. The molecule has 2 heterocycles. The van der Waals surface area contributed by atoms with E-state index in [0.29, 0.717) is 5.54 Å². The van der Waals surface area contributed by atoms with Crippen LogP contribution in [0, 0.1) is 11.7 Å². The van der Waals surface area contributed by atoms with Gasteiger partial charge in [0.2, 0.25) is 0 Å². The van der Waals surface area contributed by atoms with Crippen molar-refractivity contribution < 1.29 is 9.13 Å². The fourth-order valence-electron chi connectivity index (χ4n) is 6.39. The summed E-state index contributed by atoms with van der Waals surface area (Å²) in [6.07, 6.45) is 12.3. The zero-order valence-electron chi connectivity index (χ0n) is 17.3. The summed E-state index contributed by atoms with van der Waals surface area (Å²) in [5.41, 5.74) is 3.66. The molecule has 3 aliphatic rings. The van der Waals surface area contributed by atoms with Crippen molar-refractivity contribution in [1.29, 1.82) is 0 Å². The molecule has 0 saturated heterocycles. The van der Waals surface area contributed by atoms with Crippen molar-refractivity contribution in [3.05, 3.63) is 35.3 Å². The quantitative estimate of drug-likeness (QED) is 0.754. The highest BCUT2D eigenvalue weighted by Crippen LogP contribution is 2.51. The molecule has 2 aliphatic carbocycles. The zero-order chi connectivity index (χ0) is 19.4. The number of ether oxygens (including phenoxy) is 1. The highest BCUT2D eigenvalue weighted by Gasteiger charge is 2.49. The average molecular weight is 385 g/mol. The molecule has 0 atom stereocenters. The Hall–Kier alpha value is -1.39. The van der Waals surface area contributed by atoms with Crippen LogP contribution >= 0.6 is 0 Å². The summed E-state index contributed by atoms with van der Waals surface area (Å²) in [4.78, 5) is 6.13. The smallest absolute Gasteiger partial charge is 0.123 e. The van der Waals surface area contributed by atoms with Gasteiger partial charge in [-0.1, -0.05) is 25.7 Å². The van der Waals surface area contributed by atoms with Gasteiger partial charge in [0.1, 0.15) is 11.4 Å². The van der Waals surface area contributed by atoms with Crippen molar-refractivity contribution in [2.24, 2.45) is 5.92 Å². The van der Waals surface area contributed by atoms with E-state index in [-0.39, 0.29) is 11.4 Å². The summed E-state index contributed by atoms with van der Waals surface area (Å²) in [5.74, 6) is 0.747. The van der Waals surface area contributed by atoms with Gasteiger partial charge in [-0.05, 0) is 82.3 Å². The standard InChI is InChI=1S/C24H33FN2O/c1-27(2)23(16-17-5-3-4-6-17)10-12-24(13-11-23)22-19(9-14-28-24)20-15-18(25)7-8-21(20)26-22/h7-8,15,17,26H,3-6,9-14,16H2,1-2H3. The highest BCUT2D eigenvalue weighted by atomic mass is 19.1. The van der Waals surface area contributed by atoms with Crippen LogP contribution in [-0.4, -0.2) is 36.1 Å². The molecule has 0 radical (unpaired) electrons. The summed E-state index contributed by atoms with van der Waals surface area (Å²) < 4.78 is 20.3. The molecule has 4 heteroatoms. The molecule has 0 amide bonds. The van der Waals surface area contributed by atoms with Crippen molar-refractivity contribution in [3.63, 3.8) is 0 Å². The van der Waals surface area contributed by atoms with Gasteiger partial charge in [-0.3, -0.25) is 0 Å². The third-order valence-electron chi connectivity index (χ3n) is 8.13. The molecule has 1 N–H and O–H groups in total. The molecule has 5 rings (SSSR count). The van der Waals surface area contributed by atoms with Gasteiger partial charge < -0.3 is 14.6 Å². The summed E-state index contributed by atoms with van der Waals surface area (Å²) >= 11 is 0. The van der Waals surface area contributed by atoms with Crippen LogP contribution in [0.4, 0.5) is 4.39 Å². The number of nitrogens with zero attached hydrogens (tertiary/aromatic N) is 1. The molecule has 2 saturated carbocycles. The Labute approximate surface area is 167 Å². The maximum absolute atomic E-state index is 13.9. The molecule has 152 valence electrons. The monoisotopic (exact) mass is 384 g/mol. The van der Waals surface area contributed by atoms with E-state index in [0.717, 1.165) is 42.7 Å². The molecule has 3 nitrogen and oxygen atoms in total. The first-order valence-corrected chi connectivity index (χ1v) is 11.1. The van der Waals surface area contributed by atoms with Gasteiger partial charge in [-0.25, -0.2) is 4.39 Å². The maximum Gasteiger partial charge on any atom is 0.123 e. The van der Waals surface area contributed by atoms with Crippen LogP contribution in [0.15, 0.2) is 18.2 Å². The SMILES string of the molecule is CN(C)C1(CC2CCCC2)CCC2(CC1)OCCc1c2[nH]c2ccc(F)cc12. The van der Waals surface area contributed by atoms with Crippen LogP contribution in [0.25, 0.3) is 10.9 Å². The lowest BCUT2D eigenvalue weighted by atomic mass is 9.67. The molecular weight excluding hydrogens is 351 g/mol. The van der Waals surface area contributed by atoms with Gasteiger partial charge in [0, 0.05) is 16.4 Å². The van der Waals surface area contributed by atoms with E-state index >= 15 is 0 Å². The first kappa shape index (κ1) is 18.6. The summed E-state index contributed by atoms with van der Waals surface area (Å²) in [5, 5.41) is 1.05. The Kier molecular flexibility index (Phi) is 4.55. The minimum absolute atomic E-state index is 0.151. The lowest BCUT2D eigenvalue weighted by molar-refractivity contribution is -0.115. The molecule has 0 unspecified atom stereocenters. The summed E-state index contributed by atoms with van der Waals surface area (Å²) in [6, 6.07) is 5.12. The van der Waals surface area contributed by atoms with Crippen LogP contribution in [0.3, 0.4) is 0 Å². The Morgan fingerprint density at radius 1 is 1.14 bits per heavy atom. The molecule has 1 spiro atoms. The molecule has 2 fully saturated rings.